The largest absolute Gasteiger partial charge is 0.391 e. The van der Waals surface area contributed by atoms with Crippen molar-refractivity contribution in [1.82, 2.24) is 0 Å². The highest BCUT2D eigenvalue weighted by molar-refractivity contribution is 6.10. The van der Waals surface area contributed by atoms with Crippen LogP contribution in [0.3, 0.4) is 0 Å². The Morgan fingerprint density at radius 2 is 1.89 bits per heavy atom. The van der Waals surface area contributed by atoms with Crippen molar-refractivity contribution in [3.05, 3.63) is 10.4 Å². The summed E-state index contributed by atoms with van der Waals surface area (Å²) >= 11 is 0. The first-order valence-corrected chi connectivity index (χ1v) is 5.51. The molecule has 0 saturated carbocycles. The number of azide groups is 1. The van der Waals surface area contributed by atoms with E-state index in [-0.39, 0.29) is 6.54 Å². The Morgan fingerprint density at radius 1 is 1.37 bits per heavy atom. The van der Waals surface area contributed by atoms with Crippen LogP contribution in [0.25, 0.3) is 10.4 Å². The Hall–Kier alpha value is -1.51. The number of hydrogen-bond donors (Lipinski definition) is 4. The molecule has 0 saturated heterocycles. The van der Waals surface area contributed by atoms with Crippen LogP contribution in [0.4, 0.5) is 0 Å². The third-order valence-electron chi connectivity index (χ3n) is 2.71. The third kappa shape index (κ3) is 3.98. The van der Waals surface area contributed by atoms with Crippen LogP contribution < -0.4 is 0 Å². The SMILES string of the molecule is CC(=O)[C@@](O)(C(=O)CCN=[N+]=[N-])[C@H](O)[C@H](O)[C@H](C)O. The minimum Gasteiger partial charge on any atom is -0.391 e. The van der Waals surface area contributed by atoms with Crippen LogP contribution in [-0.4, -0.2) is 62.5 Å². The molecule has 108 valence electrons. The summed E-state index contributed by atoms with van der Waals surface area (Å²) in [6, 6.07) is 0. The molecule has 0 amide bonds. The lowest BCUT2D eigenvalue weighted by atomic mass is 9.82. The molecule has 0 spiro atoms. The Bertz CT molecular complexity index is 393. The zero-order valence-corrected chi connectivity index (χ0v) is 10.6. The van der Waals surface area contributed by atoms with Gasteiger partial charge in [0.15, 0.2) is 11.6 Å². The predicted molar refractivity (Wildman–Crippen MR) is 63.0 cm³/mol. The quantitative estimate of drug-likeness (QED) is 0.186. The summed E-state index contributed by atoms with van der Waals surface area (Å²) in [6.45, 7) is 1.69. The first-order valence-electron chi connectivity index (χ1n) is 5.51. The maximum atomic E-state index is 11.7. The Labute approximate surface area is 109 Å². The maximum Gasteiger partial charge on any atom is 0.209 e. The number of Topliss-reactive ketones (excluding diaryl/α,β-unsaturated/α-hetero) is 2. The number of ketones is 2. The van der Waals surface area contributed by atoms with Crippen molar-refractivity contribution < 1.29 is 30.0 Å². The van der Waals surface area contributed by atoms with Crippen LogP contribution in [0.1, 0.15) is 20.3 Å². The minimum absolute atomic E-state index is 0.303. The van der Waals surface area contributed by atoms with Crippen molar-refractivity contribution in [2.45, 2.75) is 44.2 Å². The van der Waals surface area contributed by atoms with Crippen LogP contribution in [0, 0.1) is 0 Å². The molecule has 0 aliphatic heterocycles. The molecule has 0 heterocycles. The van der Waals surface area contributed by atoms with Gasteiger partial charge in [0, 0.05) is 17.9 Å². The molecular formula is C10H17N3O6. The zero-order valence-electron chi connectivity index (χ0n) is 10.6. The van der Waals surface area contributed by atoms with Crippen LogP contribution in [-0.2, 0) is 9.59 Å². The first-order chi connectivity index (χ1) is 8.69. The van der Waals surface area contributed by atoms with Gasteiger partial charge in [-0.1, -0.05) is 5.11 Å². The second-order valence-electron chi connectivity index (χ2n) is 4.13. The van der Waals surface area contributed by atoms with Gasteiger partial charge in [0.25, 0.3) is 0 Å². The average Bonchev–Trinajstić information content (AvgIpc) is 2.35. The van der Waals surface area contributed by atoms with Gasteiger partial charge in [-0.25, -0.2) is 0 Å². The summed E-state index contributed by atoms with van der Waals surface area (Å²) in [7, 11) is 0. The molecule has 0 aromatic carbocycles. The molecule has 4 N–H and O–H groups in total. The topological polar surface area (TPSA) is 164 Å². The van der Waals surface area contributed by atoms with E-state index in [1.165, 1.54) is 0 Å². The van der Waals surface area contributed by atoms with Gasteiger partial charge in [0.1, 0.15) is 12.2 Å². The molecular weight excluding hydrogens is 258 g/mol. The number of nitrogens with zero attached hydrogens (tertiary/aromatic N) is 3. The number of hydrogen-bond acceptors (Lipinski definition) is 7. The summed E-state index contributed by atoms with van der Waals surface area (Å²) in [6.07, 6.45) is -5.99. The molecule has 0 fully saturated rings. The van der Waals surface area contributed by atoms with Gasteiger partial charge in [-0.3, -0.25) is 9.59 Å². The van der Waals surface area contributed by atoms with E-state index in [2.05, 4.69) is 10.0 Å². The summed E-state index contributed by atoms with van der Waals surface area (Å²) in [4.78, 5) is 25.5. The van der Waals surface area contributed by atoms with Gasteiger partial charge < -0.3 is 20.4 Å². The van der Waals surface area contributed by atoms with E-state index in [1.54, 1.807) is 0 Å². The third-order valence-corrected chi connectivity index (χ3v) is 2.71. The molecule has 0 aliphatic rings. The second kappa shape index (κ2) is 7.17. The highest BCUT2D eigenvalue weighted by atomic mass is 16.4. The van der Waals surface area contributed by atoms with Crippen LogP contribution in [0.15, 0.2) is 5.11 Å². The van der Waals surface area contributed by atoms with Crippen LogP contribution in [0.2, 0.25) is 0 Å². The van der Waals surface area contributed by atoms with Crippen molar-refractivity contribution in [2.24, 2.45) is 5.11 Å². The van der Waals surface area contributed by atoms with E-state index in [0.29, 0.717) is 0 Å². The standard InChI is InChI=1S/C10H17N3O6/c1-5(14)8(17)9(18)10(19,6(2)15)7(16)3-4-12-13-11/h5,8-9,14,17-19H,3-4H2,1-2H3/t5-,8+,9+,10+/m0/s1. The molecule has 9 nitrogen and oxygen atoms in total. The van der Waals surface area contributed by atoms with Gasteiger partial charge in [0.2, 0.25) is 5.60 Å². The van der Waals surface area contributed by atoms with Crippen molar-refractivity contribution >= 4 is 11.6 Å². The molecule has 0 aromatic heterocycles. The Kier molecular flexibility index (Phi) is 6.60. The fraction of sp³-hybridized carbons (Fsp3) is 0.800. The highest BCUT2D eigenvalue weighted by Crippen LogP contribution is 2.20. The van der Waals surface area contributed by atoms with Crippen molar-refractivity contribution in [2.75, 3.05) is 6.54 Å². The minimum atomic E-state index is -2.85. The fourth-order valence-electron chi connectivity index (χ4n) is 1.47. The normalized spacial score (nSPS) is 18.6. The second-order valence-corrected chi connectivity index (χ2v) is 4.13. The van der Waals surface area contributed by atoms with Crippen LogP contribution >= 0.6 is 0 Å². The summed E-state index contributed by atoms with van der Waals surface area (Å²) in [5.41, 5.74) is 5.21. The zero-order chi connectivity index (χ0) is 15.2. The molecule has 0 unspecified atom stereocenters. The lowest BCUT2D eigenvalue weighted by molar-refractivity contribution is -0.177. The van der Waals surface area contributed by atoms with Crippen molar-refractivity contribution in [1.29, 1.82) is 0 Å². The van der Waals surface area contributed by atoms with Gasteiger partial charge in [-0.15, -0.1) is 0 Å². The maximum absolute atomic E-state index is 11.7. The number of rotatable bonds is 8. The molecule has 0 bridgehead atoms. The number of aliphatic hydroxyl groups excluding tert-OH is 3. The Morgan fingerprint density at radius 3 is 2.26 bits per heavy atom. The average molecular weight is 275 g/mol. The van der Waals surface area contributed by atoms with Gasteiger partial charge in [0.05, 0.1) is 6.10 Å². The van der Waals surface area contributed by atoms with Gasteiger partial charge in [-0.2, -0.15) is 0 Å². The number of carbonyl (C=O) groups excluding carboxylic acids is 2. The van der Waals surface area contributed by atoms with Gasteiger partial charge >= 0.3 is 0 Å². The van der Waals surface area contributed by atoms with E-state index < -0.39 is 41.9 Å². The lowest BCUT2D eigenvalue weighted by Crippen LogP contribution is -2.61. The smallest absolute Gasteiger partial charge is 0.209 e. The number of carbonyl (C=O) groups is 2. The summed E-state index contributed by atoms with van der Waals surface area (Å²) < 4.78 is 0. The molecule has 9 heteroatoms. The molecule has 0 radical (unpaired) electrons. The molecule has 19 heavy (non-hydrogen) atoms. The van der Waals surface area contributed by atoms with E-state index >= 15 is 0 Å². The first kappa shape index (κ1) is 17.5. The van der Waals surface area contributed by atoms with Crippen LogP contribution in [0.5, 0.6) is 0 Å². The molecule has 4 atom stereocenters. The van der Waals surface area contributed by atoms with E-state index in [1.807, 2.05) is 0 Å². The molecule has 0 aromatic rings. The van der Waals surface area contributed by atoms with E-state index in [9.17, 15) is 24.9 Å². The predicted octanol–water partition coefficient (Wildman–Crippen LogP) is -1.32. The Balaban J connectivity index is 5.19. The van der Waals surface area contributed by atoms with Crippen molar-refractivity contribution in [3.63, 3.8) is 0 Å². The van der Waals surface area contributed by atoms with Gasteiger partial charge in [-0.05, 0) is 19.4 Å². The monoisotopic (exact) mass is 275 g/mol. The van der Waals surface area contributed by atoms with Crippen molar-refractivity contribution in [3.8, 4) is 0 Å². The molecule has 0 rings (SSSR count). The number of aliphatic hydroxyl groups is 4. The lowest BCUT2D eigenvalue weighted by Gasteiger charge is -2.33. The fourth-order valence-corrected chi connectivity index (χ4v) is 1.47. The molecule has 0 aliphatic carbocycles. The summed E-state index contributed by atoms with van der Waals surface area (Å²) in [5, 5.41) is 41.3. The van der Waals surface area contributed by atoms with E-state index in [4.69, 9.17) is 10.6 Å². The highest BCUT2D eigenvalue weighted by Gasteiger charge is 2.50. The van der Waals surface area contributed by atoms with E-state index in [0.717, 1.165) is 13.8 Å². The summed E-state index contributed by atoms with van der Waals surface area (Å²) in [5.74, 6) is -2.18.